The second kappa shape index (κ2) is 7.28. The molecule has 1 rings (SSSR count). The van der Waals surface area contributed by atoms with Gasteiger partial charge in [-0.05, 0) is 18.6 Å². The number of hydrogen-bond donors (Lipinski definition) is 1. The summed E-state index contributed by atoms with van der Waals surface area (Å²) in [6.07, 6.45) is 0. The fraction of sp³-hybridized carbons (Fsp3) is 0.500. The number of nitro groups is 1. The van der Waals surface area contributed by atoms with E-state index in [0.717, 1.165) is 11.3 Å². The molecule has 0 aliphatic carbocycles. The van der Waals surface area contributed by atoms with Gasteiger partial charge in [0.2, 0.25) is 0 Å². The second-order valence-electron chi connectivity index (χ2n) is 4.05. The Morgan fingerprint density at radius 2 is 2.16 bits per heavy atom. The smallest absolute Gasteiger partial charge is 0.288 e. The van der Waals surface area contributed by atoms with Crippen molar-refractivity contribution in [1.29, 1.82) is 0 Å². The van der Waals surface area contributed by atoms with Gasteiger partial charge in [-0.15, -0.1) is 0 Å². The zero-order valence-electron chi connectivity index (χ0n) is 10.9. The Kier molecular flexibility index (Phi) is 6.01. The van der Waals surface area contributed by atoms with Gasteiger partial charge in [-0.2, -0.15) is 0 Å². The van der Waals surface area contributed by atoms with E-state index in [4.69, 9.17) is 21.4 Å². The summed E-state index contributed by atoms with van der Waals surface area (Å²) in [5.41, 5.74) is 1.39. The van der Waals surface area contributed by atoms with E-state index < -0.39 is 4.92 Å². The normalized spacial score (nSPS) is 10.5. The molecule has 0 spiro atoms. The average molecular weight is 289 g/mol. The number of nitrogens with zero attached hydrogens (tertiary/aromatic N) is 2. The molecule has 0 bridgehead atoms. The van der Waals surface area contributed by atoms with Crippen molar-refractivity contribution in [2.75, 3.05) is 38.3 Å². The highest BCUT2D eigenvalue weighted by atomic mass is 35.5. The van der Waals surface area contributed by atoms with Crippen LogP contribution < -0.4 is 4.90 Å². The van der Waals surface area contributed by atoms with E-state index in [2.05, 4.69) is 0 Å². The van der Waals surface area contributed by atoms with Gasteiger partial charge in [0.05, 0.1) is 18.1 Å². The minimum atomic E-state index is -0.509. The molecule has 0 radical (unpaired) electrons. The Balaban J connectivity index is 3.09. The third-order valence-electron chi connectivity index (χ3n) is 2.74. The maximum Gasteiger partial charge on any atom is 0.288 e. The maximum atomic E-state index is 10.8. The fourth-order valence-electron chi connectivity index (χ4n) is 1.81. The minimum absolute atomic E-state index is 0.0161. The van der Waals surface area contributed by atoms with Gasteiger partial charge >= 0.3 is 0 Å². The molecule has 0 saturated carbocycles. The molecule has 0 aromatic heterocycles. The molecule has 106 valence electrons. The summed E-state index contributed by atoms with van der Waals surface area (Å²) in [7, 11) is 1.59. The van der Waals surface area contributed by atoms with E-state index >= 15 is 0 Å². The molecule has 0 amide bonds. The summed E-state index contributed by atoms with van der Waals surface area (Å²) in [5, 5.41) is 20.0. The monoisotopic (exact) mass is 288 g/mol. The molecule has 0 aliphatic rings. The Bertz CT molecular complexity index is 454. The SMILES string of the molecule is COCCN(CCO)c1cc(Cl)c([N+](=O)[O-])cc1C. The van der Waals surface area contributed by atoms with E-state index in [9.17, 15) is 10.1 Å². The lowest BCUT2D eigenvalue weighted by Gasteiger charge is -2.25. The number of ether oxygens (including phenoxy) is 1. The molecule has 1 N–H and O–H groups in total. The number of halogens is 1. The van der Waals surface area contributed by atoms with Crippen LogP contribution in [-0.2, 0) is 4.74 Å². The van der Waals surface area contributed by atoms with Crippen molar-refractivity contribution in [3.8, 4) is 0 Å². The molecule has 0 atom stereocenters. The number of hydrogen-bond acceptors (Lipinski definition) is 5. The first kappa shape index (κ1) is 15.7. The van der Waals surface area contributed by atoms with Gasteiger partial charge < -0.3 is 14.7 Å². The van der Waals surface area contributed by atoms with Crippen LogP contribution in [0.15, 0.2) is 12.1 Å². The van der Waals surface area contributed by atoms with Crippen LogP contribution in [0.4, 0.5) is 11.4 Å². The molecular weight excluding hydrogens is 272 g/mol. The zero-order chi connectivity index (χ0) is 14.4. The molecule has 6 nitrogen and oxygen atoms in total. The van der Waals surface area contributed by atoms with E-state index in [1.165, 1.54) is 6.07 Å². The Labute approximate surface area is 116 Å². The highest BCUT2D eigenvalue weighted by molar-refractivity contribution is 6.33. The molecule has 0 unspecified atom stereocenters. The van der Waals surface area contributed by atoms with Crippen molar-refractivity contribution < 1.29 is 14.8 Å². The fourth-order valence-corrected chi connectivity index (χ4v) is 2.04. The third kappa shape index (κ3) is 4.05. The third-order valence-corrected chi connectivity index (χ3v) is 3.04. The van der Waals surface area contributed by atoms with Crippen LogP contribution >= 0.6 is 11.6 Å². The summed E-state index contributed by atoms with van der Waals surface area (Å²) in [6.45, 7) is 3.24. The zero-order valence-corrected chi connectivity index (χ0v) is 11.7. The lowest BCUT2D eigenvalue weighted by molar-refractivity contribution is -0.384. The Morgan fingerprint density at radius 1 is 1.47 bits per heavy atom. The van der Waals surface area contributed by atoms with Crippen LogP contribution in [-0.4, -0.2) is 43.4 Å². The largest absolute Gasteiger partial charge is 0.395 e. The van der Waals surface area contributed by atoms with Crippen molar-refractivity contribution in [3.05, 3.63) is 32.8 Å². The molecule has 0 aliphatic heterocycles. The molecule has 1 aromatic carbocycles. The molecule has 0 heterocycles. The number of methoxy groups -OCH3 is 1. The van der Waals surface area contributed by atoms with Crippen LogP contribution in [0.2, 0.25) is 5.02 Å². The highest BCUT2D eigenvalue weighted by Gasteiger charge is 2.18. The van der Waals surface area contributed by atoms with Crippen LogP contribution in [0.5, 0.6) is 0 Å². The van der Waals surface area contributed by atoms with Gasteiger partial charge in [0, 0.05) is 32.0 Å². The first-order valence-corrected chi connectivity index (χ1v) is 6.18. The summed E-state index contributed by atoms with van der Waals surface area (Å²) >= 11 is 5.91. The predicted octanol–water partition coefficient (Wildman–Crippen LogP) is 2.00. The standard InChI is InChI=1S/C12H17ClN2O4/c1-9-7-12(15(17)18)10(13)8-11(9)14(3-5-16)4-6-19-2/h7-8,16H,3-6H2,1-2H3. The van der Waals surface area contributed by atoms with Crippen molar-refractivity contribution in [2.45, 2.75) is 6.92 Å². The van der Waals surface area contributed by atoms with Gasteiger partial charge in [0.15, 0.2) is 0 Å². The summed E-state index contributed by atoms with van der Waals surface area (Å²) < 4.78 is 5.01. The molecule has 7 heteroatoms. The quantitative estimate of drug-likeness (QED) is 0.613. The molecule has 0 saturated heterocycles. The summed E-state index contributed by atoms with van der Waals surface area (Å²) in [4.78, 5) is 12.2. The van der Waals surface area contributed by atoms with Crippen LogP contribution in [0.1, 0.15) is 5.56 Å². The van der Waals surface area contributed by atoms with E-state index in [-0.39, 0.29) is 17.3 Å². The first-order valence-electron chi connectivity index (χ1n) is 5.80. The van der Waals surface area contributed by atoms with E-state index in [0.29, 0.717) is 19.7 Å². The van der Waals surface area contributed by atoms with Crippen molar-refractivity contribution in [2.24, 2.45) is 0 Å². The lowest BCUT2D eigenvalue weighted by Crippen LogP contribution is -2.30. The van der Waals surface area contributed by atoms with Crippen molar-refractivity contribution in [1.82, 2.24) is 0 Å². The van der Waals surface area contributed by atoms with Crippen LogP contribution in [0.3, 0.4) is 0 Å². The number of aryl methyl sites for hydroxylation is 1. The van der Waals surface area contributed by atoms with Crippen molar-refractivity contribution in [3.63, 3.8) is 0 Å². The maximum absolute atomic E-state index is 10.8. The predicted molar refractivity (Wildman–Crippen MR) is 74.0 cm³/mol. The molecular formula is C12H17ClN2O4. The summed E-state index contributed by atoms with van der Waals surface area (Å²) in [6, 6.07) is 3.00. The number of anilines is 1. The van der Waals surface area contributed by atoms with Crippen molar-refractivity contribution >= 4 is 23.0 Å². The first-order chi connectivity index (χ1) is 9.01. The Morgan fingerprint density at radius 3 is 2.68 bits per heavy atom. The van der Waals surface area contributed by atoms with Gasteiger partial charge in [0.25, 0.3) is 5.69 Å². The summed E-state index contributed by atoms with van der Waals surface area (Å²) in [5.74, 6) is 0. The van der Waals surface area contributed by atoms with Gasteiger partial charge in [-0.25, -0.2) is 0 Å². The second-order valence-corrected chi connectivity index (χ2v) is 4.46. The van der Waals surface area contributed by atoms with Gasteiger partial charge in [0.1, 0.15) is 5.02 Å². The molecule has 0 fully saturated rings. The van der Waals surface area contributed by atoms with Crippen LogP contribution in [0, 0.1) is 17.0 Å². The number of aliphatic hydroxyl groups is 1. The van der Waals surface area contributed by atoms with Gasteiger partial charge in [-0.1, -0.05) is 11.6 Å². The Hall–Kier alpha value is -1.37. The van der Waals surface area contributed by atoms with Gasteiger partial charge in [-0.3, -0.25) is 10.1 Å². The molecule has 1 aromatic rings. The van der Waals surface area contributed by atoms with E-state index in [1.807, 2.05) is 4.90 Å². The number of benzene rings is 1. The lowest BCUT2D eigenvalue weighted by atomic mass is 10.1. The number of aliphatic hydroxyl groups excluding tert-OH is 1. The minimum Gasteiger partial charge on any atom is -0.395 e. The number of nitro benzene ring substituents is 1. The highest BCUT2D eigenvalue weighted by Crippen LogP contribution is 2.32. The van der Waals surface area contributed by atoms with E-state index in [1.54, 1.807) is 20.1 Å². The van der Waals surface area contributed by atoms with Crippen LogP contribution in [0.25, 0.3) is 0 Å². The topological polar surface area (TPSA) is 75.8 Å². The average Bonchev–Trinajstić information content (AvgIpc) is 2.36. The molecule has 19 heavy (non-hydrogen) atoms. The number of rotatable bonds is 7.